The molecule has 0 saturated carbocycles. The van der Waals surface area contributed by atoms with Gasteiger partial charge >= 0.3 is 12.1 Å². The van der Waals surface area contributed by atoms with E-state index >= 15 is 0 Å². The van der Waals surface area contributed by atoms with E-state index in [4.69, 9.17) is 22.1 Å². The number of aromatic hydroxyl groups is 1. The molecule has 1 aromatic rings. The molecule has 0 bridgehead atoms. The number of alkyl halides is 3. The molecule has 3 N–H and O–H groups in total. The van der Waals surface area contributed by atoms with Crippen LogP contribution >= 0.6 is 11.6 Å². The molecule has 0 radical (unpaired) electrons. The molecule has 0 aliphatic carbocycles. The number of halogens is 4. The SMILES string of the molecule is Cc1cc(O)c([C@H](N)C2CCN(C(=O)[C@@H]3OCC[C@@H]3OC(=O)C(F)(F)F)CC2)cc1Cl. The second-order valence-electron chi connectivity index (χ2n) is 7.87. The summed E-state index contributed by atoms with van der Waals surface area (Å²) in [5.74, 6) is -2.81. The largest absolute Gasteiger partial charge is 0.508 e. The summed E-state index contributed by atoms with van der Waals surface area (Å²) in [5.41, 5.74) is 7.60. The molecular weight excluding hydrogens is 441 g/mol. The van der Waals surface area contributed by atoms with Crippen molar-refractivity contribution in [1.29, 1.82) is 0 Å². The zero-order valence-corrected chi connectivity index (χ0v) is 17.6. The predicted octanol–water partition coefficient (Wildman–Crippen LogP) is 2.86. The van der Waals surface area contributed by atoms with Crippen LogP contribution in [0.25, 0.3) is 0 Å². The van der Waals surface area contributed by atoms with E-state index in [9.17, 15) is 27.9 Å². The first-order valence-electron chi connectivity index (χ1n) is 9.91. The van der Waals surface area contributed by atoms with E-state index in [1.54, 1.807) is 19.1 Å². The third-order valence-corrected chi connectivity index (χ3v) is 6.20. The Hall–Kier alpha value is -2.04. The molecule has 2 fully saturated rings. The Morgan fingerprint density at radius 2 is 1.94 bits per heavy atom. The lowest BCUT2D eigenvalue weighted by atomic mass is 9.85. The van der Waals surface area contributed by atoms with Crippen LogP contribution in [0.2, 0.25) is 5.02 Å². The van der Waals surface area contributed by atoms with Crippen LogP contribution in [0.5, 0.6) is 5.75 Å². The van der Waals surface area contributed by atoms with Gasteiger partial charge in [0.05, 0.1) is 6.61 Å². The first-order chi connectivity index (χ1) is 14.5. The number of esters is 1. The third kappa shape index (κ3) is 5.24. The number of aryl methyl sites for hydroxylation is 1. The molecule has 2 aliphatic heterocycles. The standard InChI is InChI=1S/C20H24ClF3N2O5/c1-10-8-14(27)12(9-13(10)21)16(25)11-2-5-26(6-3-11)18(28)17-15(4-7-30-17)31-19(29)20(22,23)24/h8-9,11,15-17,27H,2-7,25H2,1H3/t15-,16+,17+/m0/s1. The molecule has 31 heavy (non-hydrogen) atoms. The predicted molar refractivity (Wildman–Crippen MR) is 104 cm³/mol. The van der Waals surface area contributed by atoms with E-state index in [0.29, 0.717) is 36.5 Å². The maximum Gasteiger partial charge on any atom is 0.490 e. The van der Waals surface area contributed by atoms with E-state index < -0.39 is 36.3 Å². The van der Waals surface area contributed by atoms with Crippen molar-refractivity contribution in [3.63, 3.8) is 0 Å². The van der Waals surface area contributed by atoms with Crippen LogP contribution in [0, 0.1) is 12.8 Å². The zero-order valence-electron chi connectivity index (χ0n) is 16.8. The van der Waals surface area contributed by atoms with E-state index in [0.717, 1.165) is 5.56 Å². The highest BCUT2D eigenvalue weighted by Crippen LogP contribution is 2.36. The minimum Gasteiger partial charge on any atom is -0.508 e. The van der Waals surface area contributed by atoms with Crippen molar-refractivity contribution >= 4 is 23.5 Å². The third-order valence-electron chi connectivity index (χ3n) is 5.80. The number of rotatable bonds is 4. The number of hydrogen-bond acceptors (Lipinski definition) is 6. The molecule has 0 aromatic heterocycles. The van der Waals surface area contributed by atoms with Gasteiger partial charge in [-0.25, -0.2) is 4.79 Å². The normalized spacial score (nSPS) is 23.6. The summed E-state index contributed by atoms with van der Waals surface area (Å²) in [6.07, 6.45) is -6.58. The number of phenols is 1. The monoisotopic (exact) mass is 464 g/mol. The number of nitrogens with two attached hydrogens (primary N) is 1. The Kier molecular flexibility index (Phi) is 7.02. The van der Waals surface area contributed by atoms with Crippen molar-refractivity contribution < 1.29 is 37.3 Å². The maximum atomic E-state index is 12.8. The lowest BCUT2D eigenvalue weighted by molar-refractivity contribution is -0.207. The van der Waals surface area contributed by atoms with Crippen molar-refractivity contribution in [2.45, 2.75) is 50.6 Å². The van der Waals surface area contributed by atoms with Crippen LogP contribution in [0.4, 0.5) is 13.2 Å². The molecular formula is C20H24ClF3N2O5. The Morgan fingerprint density at radius 3 is 2.55 bits per heavy atom. The lowest BCUT2D eigenvalue weighted by Crippen LogP contribution is -2.49. The molecule has 2 heterocycles. The molecule has 0 spiro atoms. The van der Waals surface area contributed by atoms with Gasteiger partial charge in [-0.05, 0) is 43.4 Å². The van der Waals surface area contributed by atoms with Crippen LogP contribution in [0.3, 0.4) is 0 Å². The smallest absolute Gasteiger partial charge is 0.490 e. The van der Waals surface area contributed by atoms with Crippen LogP contribution in [0.1, 0.15) is 36.4 Å². The topological polar surface area (TPSA) is 102 Å². The van der Waals surface area contributed by atoms with Gasteiger partial charge < -0.3 is 25.2 Å². The summed E-state index contributed by atoms with van der Waals surface area (Å²) in [5, 5.41) is 10.7. The molecule has 2 aliphatic rings. The van der Waals surface area contributed by atoms with Gasteiger partial charge in [0, 0.05) is 36.1 Å². The van der Waals surface area contributed by atoms with E-state index in [-0.39, 0.29) is 24.7 Å². The zero-order chi connectivity index (χ0) is 22.9. The molecule has 3 rings (SSSR count). The number of carbonyl (C=O) groups is 2. The molecule has 3 atom stereocenters. The van der Waals surface area contributed by atoms with Gasteiger partial charge in [0.15, 0.2) is 6.10 Å². The molecule has 11 heteroatoms. The van der Waals surface area contributed by atoms with Gasteiger partial charge in [-0.3, -0.25) is 4.79 Å². The number of nitrogens with zero attached hydrogens (tertiary/aromatic N) is 1. The number of phenolic OH excluding ortho intramolecular Hbond substituents is 1. The Labute approximate surface area is 182 Å². The summed E-state index contributed by atoms with van der Waals surface area (Å²) in [7, 11) is 0. The van der Waals surface area contributed by atoms with Crippen LogP contribution in [0.15, 0.2) is 12.1 Å². The first kappa shape index (κ1) is 23.6. The van der Waals surface area contributed by atoms with Gasteiger partial charge in [-0.15, -0.1) is 0 Å². The number of hydrogen-bond donors (Lipinski definition) is 2. The van der Waals surface area contributed by atoms with Crippen molar-refractivity contribution in [3.05, 3.63) is 28.3 Å². The summed E-state index contributed by atoms with van der Waals surface area (Å²) in [6, 6.07) is 2.70. The fourth-order valence-electron chi connectivity index (χ4n) is 3.99. The lowest BCUT2D eigenvalue weighted by Gasteiger charge is -2.36. The molecule has 2 saturated heterocycles. The van der Waals surface area contributed by atoms with Gasteiger partial charge in [0.2, 0.25) is 0 Å². The van der Waals surface area contributed by atoms with Crippen molar-refractivity contribution in [2.75, 3.05) is 19.7 Å². The van der Waals surface area contributed by atoms with E-state index in [1.807, 2.05) is 0 Å². The number of benzene rings is 1. The highest BCUT2D eigenvalue weighted by atomic mass is 35.5. The number of ether oxygens (including phenoxy) is 2. The summed E-state index contributed by atoms with van der Waals surface area (Å²) in [6.45, 7) is 2.43. The summed E-state index contributed by atoms with van der Waals surface area (Å²) in [4.78, 5) is 25.4. The van der Waals surface area contributed by atoms with Crippen LogP contribution in [-0.2, 0) is 19.1 Å². The average molecular weight is 465 g/mol. The Bertz CT molecular complexity index is 843. The fraction of sp³-hybridized carbons (Fsp3) is 0.600. The molecule has 7 nitrogen and oxygen atoms in total. The second kappa shape index (κ2) is 9.22. The molecule has 1 amide bonds. The van der Waals surface area contributed by atoms with Crippen LogP contribution < -0.4 is 5.73 Å². The average Bonchev–Trinajstić information content (AvgIpc) is 3.17. The minimum absolute atomic E-state index is 0.0209. The highest BCUT2D eigenvalue weighted by Gasteiger charge is 2.47. The second-order valence-corrected chi connectivity index (χ2v) is 8.28. The van der Waals surface area contributed by atoms with E-state index in [1.165, 1.54) is 4.90 Å². The quantitative estimate of drug-likeness (QED) is 0.664. The van der Waals surface area contributed by atoms with Crippen LogP contribution in [-0.4, -0.2) is 60.0 Å². The van der Waals surface area contributed by atoms with Crippen molar-refractivity contribution in [2.24, 2.45) is 11.7 Å². The maximum absolute atomic E-state index is 12.8. The Balaban J connectivity index is 1.59. The number of amides is 1. The number of likely N-dealkylation sites (tertiary alicyclic amines) is 1. The Morgan fingerprint density at radius 1 is 1.29 bits per heavy atom. The molecule has 172 valence electrons. The fourth-order valence-corrected chi connectivity index (χ4v) is 4.16. The first-order valence-corrected chi connectivity index (χ1v) is 10.3. The van der Waals surface area contributed by atoms with Gasteiger partial charge in [-0.2, -0.15) is 13.2 Å². The molecule has 0 unspecified atom stereocenters. The van der Waals surface area contributed by atoms with E-state index in [2.05, 4.69) is 4.74 Å². The molecule has 1 aromatic carbocycles. The minimum atomic E-state index is -5.13. The van der Waals surface area contributed by atoms with Gasteiger partial charge in [0.1, 0.15) is 11.9 Å². The number of piperidine rings is 1. The highest BCUT2D eigenvalue weighted by molar-refractivity contribution is 6.31. The van der Waals surface area contributed by atoms with Crippen molar-refractivity contribution in [1.82, 2.24) is 4.90 Å². The summed E-state index contributed by atoms with van der Waals surface area (Å²) >= 11 is 6.14. The van der Waals surface area contributed by atoms with Crippen molar-refractivity contribution in [3.8, 4) is 5.75 Å². The summed E-state index contributed by atoms with van der Waals surface area (Å²) < 4.78 is 47.1. The van der Waals surface area contributed by atoms with Gasteiger partial charge in [0.25, 0.3) is 5.91 Å². The number of carbonyl (C=O) groups excluding carboxylic acids is 2. The van der Waals surface area contributed by atoms with Gasteiger partial charge in [-0.1, -0.05) is 11.6 Å².